The number of aromatic nitrogens is 4. The van der Waals surface area contributed by atoms with Crippen molar-refractivity contribution in [2.75, 3.05) is 6.61 Å². The molecule has 0 N–H and O–H groups in total. The van der Waals surface area contributed by atoms with Crippen molar-refractivity contribution in [2.45, 2.75) is 32.6 Å². The van der Waals surface area contributed by atoms with E-state index in [0.29, 0.717) is 16.8 Å². The maximum atomic E-state index is 11.8. The van der Waals surface area contributed by atoms with Crippen LogP contribution in [0.1, 0.15) is 30.2 Å². The number of benzene rings is 1. The van der Waals surface area contributed by atoms with Crippen LogP contribution in [0.3, 0.4) is 0 Å². The summed E-state index contributed by atoms with van der Waals surface area (Å²) >= 11 is 7.60. The van der Waals surface area contributed by atoms with Gasteiger partial charge in [0.25, 0.3) is 0 Å². The fourth-order valence-electron chi connectivity index (χ4n) is 3.87. The van der Waals surface area contributed by atoms with Crippen LogP contribution in [0.2, 0.25) is 4.34 Å². The molecule has 0 radical (unpaired) electrons. The van der Waals surface area contributed by atoms with Gasteiger partial charge in [0.2, 0.25) is 0 Å². The zero-order chi connectivity index (χ0) is 20.7. The summed E-state index contributed by atoms with van der Waals surface area (Å²) in [5, 5.41) is 5.59. The second-order valence-electron chi connectivity index (χ2n) is 7.18. The molecule has 0 aliphatic heterocycles. The number of esters is 1. The Kier molecular flexibility index (Phi) is 5.00. The first-order valence-electron chi connectivity index (χ1n) is 9.90. The lowest BCUT2D eigenvalue weighted by Crippen LogP contribution is -2.08. The first-order chi connectivity index (χ1) is 14.6. The summed E-state index contributed by atoms with van der Waals surface area (Å²) in [4.78, 5) is 22.4. The molecule has 152 valence electrons. The van der Waals surface area contributed by atoms with Crippen LogP contribution < -0.4 is 0 Å². The molecule has 0 unspecified atom stereocenters. The normalized spacial score (nSPS) is 13.0. The molecule has 6 nitrogen and oxygen atoms in total. The molecular formula is C22H19ClN4O2S. The Balaban J connectivity index is 1.58. The van der Waals surface area contributed by atoms with Crippen LogP contribution in [0.5, 0.6) is 0 Å². The Bertz CT molecular complexity index is 1260. The van der Waals surface area contributed by atoms with Crippen molar-refractivity contribution in [1.82, 2.24) is 19.7 Å². The number of rotatable bonds is 5. The molecule has 3 heterocycles. The fraction of sp³-hybridized carbons (Fsp3) is 0.273. The maximum absolute atomic E-state index is 11.8. The molecule has 1 aliphatic carbocycles. The molecule has 3 aromatic heterocycles. The van der Waals surface area contributed by atoms with Gasteiger partial charge >= 0.3 is 5.97 Å². The van der Waals surface area contributed by atoms with Gasteiger partial charge in [0.05, 0.1) is 34.0 Å². The average Bonchev–Trinajstić information content (AvgIpc) is 3.46. The molecule has 0 fully saturated rings. The van der Waals surface area contributed by atoms with Crippen LogP contribution in [0, 0.1) is 0 Å². The van der Waals surface area contributed by atoms with Gasteiger partial charge in [-0.15, -0.1) is 11.3 Å². The SMILES string of the molecule is CCOC(=O)Cc1ccc2c(cnn2-c2nc(-c3ccc(Cl)s3)nc3c2CCC3)c1. The number of nitrogens with zero attached hydrogens (tertiary/aromatic N) is 4. The smallest absolute Gasteiger partial charge is 0.310 e. The van der Waals surface area contributed by atoms with Crippen molar-refractivity contribution < 1.29 is 9.53 Å². The van der Waals surface area contributed by atoms with E-state index in [-0.39, 0.29) is 12.4 Å². The molecule has 8 heteroatoms. The van der Waals surface area contributed by atoms with Gasteiger partial charge in [-0.25, -0.2) is 14.6 Å². The van der Waals surface area contributed by atoms with Gasteiger partial charge < -0.3 is 4.74 Å². The van der Waals surface area contributed by atoms with Crippen LogP contribution in [0.25, 0.3) is 27.4 Å². The van der Waals surface area contributed by atoms with Crippen molar-refractivity contribution in [3.05, 3.63) is 57.7 Å². The second kappa shape index (κ2) is 7.81. The third-order valence-electron chi connectivity index (χ3n) is 5.19. The largest absolute Gasteiger partial charge is 0.466 e. The highest BCUT2D eigenvalue weighted by Crippen LogP contribution is 2.33. The lowest BCUT2D eigenvalue weighted by molar-refractivity contribution is -0.142. The summed E-state index contributed by atoms with van der Waals surface area (Å²) in [7, 11) is 0. The van der Waals surface area contributed by atoms with E-state index in [2.05, 4.69) is 5.10 Å². The van der Waals surface area contributed by atoms with E-state index in [1.165, 1.54) is 11.3 Å². The number of ether oxygens (including phenoxy) is 1. The molecule has 1 aliphatic rings. The molecular weight excluding hydrogens is 420 g/mol. The van der Waals surface area contributed by atoms with E-state index in [1.54, 1.807) is 0 Å². The van der Waals surface area contributed by atoms with Gasteiger partial charge in [-0.3, -0.25) is 4.79 Å². The summed E-state index contributed by atoms with van der Waals surface area (Å²) in [6.07, 6.45) is 5.02. The maximum Gasteiger partial charge on any atom is 0.310 e. The average molecular weight is 439 g/mol. The van der Waals surface area contributed by atoms with E-state index < -0.39 is 0 Å². The van der Waals surface area contributed by atoms with Crippen molar-refractivity contribution in [3.8, 4) is 16.5 Å². The third kappa shape index (κ3) is 3.48. The second-order valence-corrected chi connectivity index (χ2v) is 8.90. The van der Waals surface area contributed by atoms with Crippen molar-refractivity contribution >= 4 is 39.8 Å². The Morgan fingerprint density at radius 2 is 2.13 bits per heavy atom. The Labute approximate surface area is 182 Å². The molecule has 4 aromatic rings. The highest BCUT2D eigenvalue weighted by Gasteiger charge is 2.23. The number of hydrogen-bond donors (Lipinski definition) is 0. The summed E-state index contributed by atoms with van der Waals surface area (Å²) in [6, 6.07) is 9.74. The van der Waals surface area contributed by atoms with Gasteiger partial charge in [-0.2, -0.15) is 5.10 Å². The summed E-state index contributed by atoms with van der Waals surface area (Å²) in [5.74, 6) is 1.28. The lowest BCUT2D eigenvalue weighted by atomic mass is 10.1. The van der Waals surface area contributed by atoms with Crippen molar-refractivity contribution in [1.29, 1.82) is 0 Å². The van der Waals surface area contributed by atoms with E-state index in [0.717, 1.165) is 57.7 Å². The number of carbonyl (C=O) groups excluding carboxylic acids is 1. The van der Waals surface area contributed by atoms with E-state index in [4.69, 9.17) is 26.3 Å². The molecule has 1 aromatic carbocycles. The summed E-state index contributed by atoms with van der Waals surface area (Å²) < 4.78 is 7.65. The molecule has 30 heavy (non-hydrogen) atoms. The van der Waals surface area contributed by atoms with Gasteiger partial charge in [0.15, 0.2) is 11.6 Å². The number of hydrogen-bond acceptors (Lipinski definition) is 6. The number of carbonyl (C=O) groups is 1. The molecule has 0 amide bonds. The predicted octanol–water partition coefficient (Wildman–Crippen LogP) is 4.79. The first-order valence-corrected chi connectivity index (χ1v) is 11.1. The van der Waals surface area contributed by atoms with Crippen LogP contribution >= 0.6 is 22.9 Å². The zero-order valence-electron chi connectivity index (χ0n) is 16.4. The first kappa shape index (κ1) is 19.2. The number of fused-ring (bicyclic) bond motifs is 2. The highest BCUT2D eigenvalue weighted by molar-refractivity contribution is 7.19. The van der Waals surface area contributed by atoms with Gasteiger partial charge in [-0.1, -0.05) is 17.7 Å². The minimum Gasteiger partial charge on any atom is -0.466 e. The highest BCUT2D eigenvalue weighted by atomic mass is 35.5. The minimum absolute atomic E-state index is 0.225. The zero-order valence-corrected chi connectivity index (χ0v) is 18.0. The van der Waals surface area contributed by atoms with Gasteiger partial charge in [0.1, 0.15) is 0 Å². The van der Waals surface area contributed by atoms with Crippen LogP contribution in [0.15, 0.2) is 36.5 Å². The molecule has 5 rings (SSSR count). The topological polar surface area (TPSA) is 69.9 Å². The van der Waals surface area contributed by atoms with Crippen LogP contribution in [0.4, 0.5) is 0 Å². The minimum atomic E-state index is -0.225. The predicted molar refractivity (Wildman–Crippen MR) is 117 cm³/mol. The Morgan fingerprint density at radius 1 is 1.23 bits per heavy atom. The standard InChI is InChI=1S/C22H19ClN4O2S/c1-2-29-20(28)11-13-6-7-17-14(10-13)12-24-27(17)22-15-4-3-5-16(15)25-21(26-22)18-8-9-19(23)30-18/h6-10,12H,2-5,11H2,1H3. The summed E-state index contributed by atoms with van der Waals surface area (Å²) in [5.41, 5.74) is 4.09. The molecule has 0 atom stereocenters. The van der Waals surface area contributed by atoms with Crippen molar-refractivity contribution in [3.63, 3.8) is 0 Å². The van der Waals surface area contributed by atoms with E-state index >= 15 is 0 Å². The van der Waals surface area contributed by atoms with Crippen molar-refractivity contribution in [2.24, 2.45) is 0 Å². The fourth-order valence-corrected chi connectivity index (χ4v) is 4.85. The lowest BCUT2D eigenvalue weighted by Gasteiger charge is -2.11. The Morgan fingerprint density at radius 3 is 2.93 bits per heavy atom. The van der Waals surface area contributed by atoms with E-state index in [9.17, 15) is 4.79 Å². The molecule has 0 bridgehead atoms. The molecule has 0 saturated heterocycles. The third-order valence-corrected chi connectivity index (χ3v) is 6.42. The van der Waals surface area contributed by atoms with Crippen LogP contribution in [-0.4, -0.2) is 32.3 Å². The summed E-state index contributed by atoms with van der Waals surface area (Å²) in [6.45, 7) is 2.19. The number of halogens is 1. The Hall–Kier alpha value is -2.77. The van der Waals surface area contributed by atoms with Crippen LogP contribution in [-0.2, 0) is 28.8 Å². The monoisotopic (exact) mass is 438 g/mol. The number of thiophene rings is 1. The molecule has 0 saturated carbocycles. The number of aryl methyl sites for hydroxylation is 1. The van der Waals surface area contributed by atoms with Gasteiger partial charge in [-0.05, 0) is 56.0 Å². The van der Waals surface area contributed by atoms with E-state index in [1.807, 2.05) is 48.1 Å². The quantitative estimate of drug-likeness (QED) is 0.419. The molecule has 0 spiro atoms. The van der Waals surface area contributed by atoms with Gasteiger partial charge in [0, 0.05) is 16.6 Å².